The van der Waals surface area contributed by atoms with E-state index in [0.29, 0.717) is 0 Å². The summed E-state index contributed by atoms with van der Waals surface area (Å²) in [7, 11) is 0. The standard InChI is InChI=1S/C14H25N3O/c1-3-17-10-9-16-13(17)11-12(15)14(18-4-2)7-5-6-8-14/h9-10,12H,3-8,11,15H2,1-2H3. The SMILES string of the molecule is CCOC1(C(N)Cc2nccn2CC)CCCC1. The Kier molecular flexibility index (Phi) is 4.40. The number of aromatic nitrogens is 2. The summed E-state index contributed by atoms with van der Waals surface area (Å²) in [5, 5.41) is 0. The monoisotopic (exact) mass is 251 g/mol. The molecule has 1 unspecified atom stereocenters. The Morgan fingerprint density at radius 2 is 2.17 bits per heavy atom. The molecule has 1 aliphatic carbocycles. The van der Waals surface area contributed by atoms with Crippen molar-refractivity contribution < 1.29 is 4.74 Å². The van der Waals surface area contributed by atoms with Gasteiger partial charge >= 0.3 is 0 Å². The molecule has 1 aliphatic rings. The second kappa shape index (κ2) is 5.85. The van der Waals surface area contributed by atoms with Crippen molar-refractivity contribution in [1.82, 2.24) is 9.55 Å². The molecule has 1 aromatic heterocycles. The summed E-state index contributed by atoms with van der Waals surface area (Å²) >= 11 is 0. The summed E-state index contributed by atoms with van der Waals surface area (Å²) in [5.41, 5.74) is 6.32. The van der Waals surface area contributed by atoms with Crippen LogP contribution in [-0.2, 0) is 17.7 Å². The second-order valence-corrected chi connectivity index (χ2v) is 5.14. The first-order valence-electron chi connectivity index (χ1n) is 7.11. The van der Waals surface area contributed by atoms with Gasteiger partial charge in [-0.3, -0.25) is 0 Å². The van der Waals surface area contributed by atoms with Crippen LogP contribution in [0.15, 0.2) is 12.4 Å². The van der Waals surface area contributed by atoms with Gasteiger partial charge in [0, 0.05) is 38.0 Å². The molecule has 1 fully saturated rings. The minimum absolute atomic E-state index is 0.0487. The molecule has 4 heteroatoms. The Morgan fingerprint density at radius 3 is 2.78 bits per heavy atom. The lowest BCUT2D eigenvalue weighted by molar-refractivity contribution is -0.0529. The molecule has 1 atom stereocenters. The van der Waals surface area contributed by atoms with Gasteiger partial charge in [-0.2, -0.15) is 0 Å². The van der Waals surface area contributed by atoms with Gasteiger partial charge in [-0.15, -0.1) is 0 Å². The van der Waals surface area contributed by atoms with E-state index in [1.807, 2.05) is 12.4 Å². The van der Waals surface area contributed by atoms with Crippen molar-refractivity contribution in [3.8, 4) is 0 Å². The van der Waals surface area contributed by atoms with E-state index in [1.165, 1.54) is 12.8 Å². The van der Waals surface area contributed by atoms with Crippen LogP contribution in [0, 0.1) is 0 Å². The van der Waals surface area contributed by atoms with Crippen LogP contribution in [0.4, 0.5) is 0 Å². The summed E-state index contributed by atoms with van der Waals surface area (Å²) in [6, 6.07) is 0.0487. The van der Waals surface area contributed by atoms with Gasteiger partial charge in [0.25, 0.3) is 0 Å². The highest BCUT2D eigenvalue weighted by Gasteiger charge is 2.40. The molecule has 0 bridgehead atoms. The summed E-state index contributed by atoms with van der Waals surface area (Å²) in [5.74, 6) is 1.08. The van der Waals surface area contributed by atoms with Gasteiger partial charge in [-0.1, -0.05) is 12.8 Å². The third kappa shape index (κ3) is 2.59. The quantitative estimate of drug-likeness (QED) is 0.842. The lowest BCUT2D eigenvalue weighted by Gasteiger charge is -2.35. The van der Waals surface area contributed by atoms with Crippen molar-refractivity contribution in [3.63, 3.8) is 0 Å². The van der Waals surface area contributed by atoms with Gasteiger partial charge in [-0.05, 0) is 26.7 Å². The number of hydrogen-bond acceptors (Lipinski definition) is 3. The minimum Gasteiger partial charge on any atom is -0.374 e. The fourth-order valence-electron chi connectivity index (χ4n) is 3.08. The first kappa shape index (κ1) is 13.6. The Morgan fingerprint density at radius 1 is 1.44 bits per heavy atom. The molecule has 0 radical (unpaired) electrons. The van der Waals surface area contributed by atoms with Gasteiger partial charge in [0.1, 0.15) is 5.82 Å². The molecule has 4 nitrogen and oxygen atoms in total. The first-order valence-corrected chi connectivity index (χ1v) is 7.11. The van der Waals surface area contributed by atoms with E-state index in [9.17, 15) is 0 Å². The number of aryl methyl sites for hydroxylation is 1. The maximum atomic E-state index is 6.44. The van der Waals surface area contributed by atoms with Crippen LogP contribution in [-0.4, -0.2) is 27.8 Å². The van der Waals surface area contributed by atoms with E-state index in [2.05, 4.69) is 23.4 Å². The zero-order chi connectivity index (χ0) is 13.0. The van der Waals surface area contributed by atoms with Crippen molar-refractivity contribution in [3.05, 3.63) is 18.2 Å². The molecule has 0 amide bonds. The molecular formula is C14H25N3O. The highest BCUT2D eigenvalue weighted by atomic mass is 16.5. The molecule has 1 saturated carbocycles. The molecule has 102 valence electrons. The normalized spacial score (nSPS) is 20.2. The second-order valence-electron chi connectivity index (χ2n) is 5.14. The van der Waals surface area contributed by atoms with Gasteiger partial charge in [0.2, 0.25) is 0 Å². The van der Waals surface area contributed by atoms with E-state index in [0.717, 1.165) is 38.2 Å². The summed E-state index contributed by atoms with van der Waals surface area (Å²) < 4.78 is 8.17. The Hall–Kier alpha value is -0.870. The lowest BCUT2D eigenvalue weighted by atomic mass is 9.90. The summed E-state index contributed by atoms with van der Waals surface area (Å²) in [6.07, 6.45) is 9.33. The molecule has 2 N–H and O–H groups in total. The zero-order valence-electron chi connectivity index (χ0n) is 11.6. The Bertz CT molecular complexity index is 369. The van der Waals surface area contributed by atoms with Gasteiger partial charge in [-0.25, -0.2) is 4.98 Å². The average Bonchev–Trinajstić information content (AvgIpc) is 2.99. The van der Waals surface area contributed by atoms with Gasteiger partial charge in [0.15, 0.2) is 0 Å². The van der Waals surface area contributed by atoms with Crippen LogP contribution < -0.4 is 5.73 Å². The molecular weight excluding hydrogens is 226 g/mol. The fraction of sp³-hybridized carbons (Fsp3) is 0.786. The Balaban J connectivity index is 2.07. The molecule has 18 heavy (non-hydrogen) atoms. The number of nitrogens with two attached hydrogens (primary N) is 1. The van der Waals surface area contributed by atoms with Crippen LogP contribution in [0.1, 0.15) is 45.4 Å². The third-order valence-corrected chi connectivity index (χ3v) is 4.10. The average molecular weight is 251 g/mol. The smallest absolute Gasteiger partial charge is 0.110 e. The maximum Gasteiger partial charge on any atom is 0.110 e. The lowest BCUT2D eigenvalue weighted by Crippen LogP contribution is -2.49. The number of imidazole rings is 1. The topological polar surface area (TPSA) is 53.1 Å². The summed E-state index contributed by atoms with van der Waals surface area (Å²) in [6.45, 7) is 5.88. The molecule has 1 aromatic rings. The van der Waals surface area contributed by atoms with Crippen molar-refractivity contribution in [1.29, 1.82) is 0 Å². The number of hydrogen-bond donors (Lipinski definition) is 1. The predicted molar refractivity (Wildman–Crippen MR) is 72.4 cm³/mol. The van der Waals surface area contributed by atoms with Crippen molar-refractivity contribution in [2.24, 2.45) is 5.73 Å². The first-order chi connectivity index (χ1) is 8.72. The number of rotatable bonds is 6. The van der Waals surface area contributed by atoms with E-state index >= 15 is 0 Å². The summed E-state index contributed by atoms with van der Waals surface area (Å²) in [4.78, 5) is 4.42. The van der Waals surface area contributed by atoms with E-state index < -0.39 is 0 Å². The van der Waals surface area contributed by atoms with Crippen LogP contribution in [0.5, 0.6) is 0 Å². The van der Waals surface area contributed by atoms with E-state index in [1.54, 1.807) is 0 Å². The van der Waals surface area contributed by atoms with Crippen LogP contribution in [0.3, 0.4) is 0 Å². The largest absolute Gasteiger partial charge is 0.374 e. The van der Waals surface area contributed by atoms with Crippen LogP contribution >= 0.6 is 0 Å². The third-order valence-electron chi connectivity index (χ3n) is 4.10. The van der Waals surface area contributed by atoms with E-state index in [4.69, 9.17) is 10.5 Å². The highest BCUT2D eigenvalue weighted by molar-refractivity contribution is 5.03. The van der Waals surface area contributed by atoms with Crippen molar-refractivity contribution >= 4 is 0 Å². The number of ether oxygens (including phenoxy) is 1. The number of nitrogens with zero attached hydrogens (tertiary/aromatic N) is 2. The minimum atomic E-state index is -0.112. The predicted octanol–water partition coefficient (Wildman–Crippen LogP) is 2.12. The molecule has 0 aromatic carbocycles. The maximum absolute atomic E-state index is 6.44. The van der Waals surface area contributed by atoms with Crippen LogP contribution in [0.2, 0.25) is 0 Å². The van der Waals surface area contributed by atoms with Gasteiger partial charge in [0.05, 0.1) is 5.60 Å². The fourth-order valence-corrected chi connectivity index (χ4v) is 3.08. The Labute approximate surface area is 110 Å². The molecule has 2 rings (SSSR count). The highest BCUT2D eigenvalue weighted by Crippen LogP contribution is 2.36. The zero-order valence-corrected chi connectivity index (χ0v) is 11.6. The molecule has 0 spiro atoms. The molecule has 0 aliphatic heterocycles. The molecule has 0 saturated heterocycles. The van der Waals surface area contributed by atoms with Crippen LogP contribution in [0.25, 0.3) is 0 Å². The molecule has 1 heterocycles. The van der Waals surface area contributed by atoms with Gasteiger partial charge < -0.3 is 15.0 Å². The van der Waals surface area contributed by atoms with E-state index in [-0.39, 0.29) is 11.6 Å². The van der Waals surface area contributed by atoms with Crippen molar-refractivity contribution in [2.75, 3.05) is 6.61 Å². The van der Waals surface area contributed by atoms with Crippen molar-refractivity contribution in [2.45, 2.75) is 64.1 Å².